The van der Waals surface area contributed by atoms with Crippen LogP contribution in [0.2, 0.25) is 0 Å². The molecule has 0 spiro atoms. The number of para-hydroxylation sites is 1. The Hall–Kier alpha value is -3.02. The molecule has 0 radical (unpaired) electrons. The molecule has 11 heteroatoms. The molecule has 1 fully saturated rings. The van der Waals surface area contributed by atoms with Crippen LogP contribution in [0.1, 0.15) is 28.9 Å². The molecule has 1 aliphatic rings. The summed E-state index contributed by atoms with van der Waals surface area (Å²) in [6.07, 6.45) is 3.76. The number of carbonyl (C=O) groups is 1. The van der Waals surface area contributed by atoms with Gasteiger partial charge in [-0.1, -0.05) is 18.2 Å². The molecule has 1 aromatic carbocycles. The van der Waals surface area contributed by atoms with Crippen LogP contribution in [-0.2, 0) is 13.5 Å². The third-order valence-electron chi connectivity index (χ3n) is 5.42. The van der Waals surface area contributed by atoms with E-state index in [-0.39, 0.29) is 24.8 Å². The first-order valence-electron chi connectivity index (χ1n) is 9.96. The molecule has 0 saturated carbocycles. The number of rotatable bonds is 5. The van der Waals surface area contributed by atoms with Crippen LogP contribution >= 0.6 is 10.8 Å². The van der Waals surface area contributed by atoms with E-state index < -0.39 is 33.7 Å². The van der Waals surface area contributed by atoms with Gasteiger partial charge in [-0.15, -0.1) is 10.8 Å². The molecule has 4 rings (SSSR count). The molecule has 10 nitrogen and oxygen atoms in total. The predicted molar refractivity (Wildman–Crippen MR) is 120 cm³/mol. The fourth-order valence-electron chi connectivity index (χ4n) is 3.73. The fourth-order valence-corrected chi connectivity index (χ4v) is 5.39. The largest absolute Gasteiger partial charge is 0.501 e. The number of benzene rings is 1. The van der Waals surface area contributed by atoms with Crippen molar-refractivity contribution in [2.24, 2.45) is 7.05 Å². The van der Waals surface area contributed by atoms with E-state index in [9.17, 15) is 23.8 Å². The quantitative estimate of drug-likeness (QED) is 0.403. The summed E-state index contributed by atoms with van der Waals surface area (Å²) in [5.41, 5.74) is 0.769. The van der Waals surface area contributed by atoms with Gasteiger partial charge in [-0.25, -0.2) is 9.29 Å². The second-order valence-electron chi connectivity index (χ2n) is 7.48. The Morgan fingerprint density at radius 3 is 2.84 bits per heavy atom. The van der Waals surface area contributed by atoms with Crippen molar-refractivity contribution in [1.82, 2.24) is 19.9 Å². The number of carbonyl (C=O) groups excluding carboxylic acids is 1. The molecule has 0 unspecified atom stereocenters. The molecule has 0 bridgehead atoms. The molecule has 3 heterocycles. The van der Waals surface area contributed by atoms with E-state index >= 15 is 0 Å². The van der Waals surface area contributed by atoms with Crippen LogP contribution in [0, 0.1) is 0 Å². The van der Waals surface area contributed by atoms with E-state index in [1.807, 2.05) is 30.5 Å². The average Bonchev–Trinajstić information content (AvgIpc) is 3.16. The van der Waals surface area contributed by atoms with Gasteiger partial charge in [0.1, 0.15) is 0 Å². The molecule has 0 atom stereocenters. The van der Waals surface area contributed by atoms with E-state index in [1.165, 1.54) is 11.4 Å². The Bertz CT molecular complexity index is 1190. The summed E-state index contributed by atoms with van der Waals surface area (Å²) >= 11 is 0. The van der Waals surface area contributed by atoms with Crippen molar-refractivity contribution >= 4 is 33.5 Å². The highest BCUT2D eigenvalue weighted by Crippen LogP contribution is 2.48. The number of H-pyrrole nitrogens is 1. The maximum atomic E-state index is 12.7. The minimum absolute atomic E-state index is 0.0516. The Labute approximate surface area is 180 Å². The molecule has 1 saturated heterocycles. The van der Waals surface area contributed by atoms with Crippen LogP contribution in [0.25, 0.3) is 10.9 Å². The summed E-state index contributed by atoms with van der Waals surface area (Å²) in [6, 6.07) is 7.82. The molecule has 5 N–H and O–H groups in total. The molecule has 2 aromatic heterocycles. The van der Waals surface area contributed by atoms with Gasteiger partial charge in [0, 0.05) is 37.2 Å². The summed E-state index contributed by atoms with van der Waals surface area (Å²) in [4.78, 5) is 32.5. The minimum atomic E-state index is -3.14. The Morgan fingerprint density at radius 2 is 2.06 bits per heavy atom. The van der Waals surface area contributed by atoms with Gasteiger partial charge >= 0.3 is 0 Å². The summed E-state index contributed by atoms with van der Waals surface area (Å²) < 4.78 is 23.0. The van der Waals surface area contributed by atoms with Crippen LogP contribution in [-0.4, -0.2) is 53.5 Å². The summed E-state index contributed by atoms with van der Waals surface area (Å²) in [6.45, 7) is 0.556. The molecule has 3 aromatic rings. The zero-order valence-corrected chi connectivity index (χ0v) is 17.9. The molecular weight excluding hydrogens is 422 g/mol. The van der Waals surface area contributed by atoms with Crippen molar-refractivity contribution in [3.05, 3.63) is 52.1 Å². The van der Waals surface area contributed by atoms with Crippen LogP contribution < -0.4 is 15.2 Å². The molecule has 31 heavy (non-hydrogen) atoms. The third-order valence-corrected chi connectivity index (χ3v) is 7.31. The normalized spacial score (nSPS) is 16.9. The SMILES string of the molecule is Cn1c(N2CCCCS2(O)O)nc(C(=O)NCCc2c[nH]c3ccccc23)c(O)c1=O. The fraction of sp³-hybridized carbons (Fsp3) is 0.350. The van der Waals surface area contributed by atoms with E-state index in [0.29, 0.717) is 19.3 Å². The van der Waals surface area contributed by atoms with E-state index in [4.69, 9.17) is 0 Å². The van der Waals surface area contributed by atoms with E-state index in [0.717, 1.165) is 21.0 Å². The number of nitrogens with one attached hydrogen (secondary N) is 2. The van der Waals surface area contributed by atoms with Crippen LogP contribution in [0.5, 0.6) is 5.75 Å². The van der Waals surface area contributed by atoms with Gasteiger partial charge in [0.05, 0.1) is 5.75 Å². The van der Waals surface area contributed by atoms with E-state index in [2.05, 4.69) is 15.3 Å². The van der Waals surface area contributed by atoms with Crippen molar-refractivity contribution in [2.75, 3.05) is 23.1 Å². The van der Waals surface area contributed by atoms with Gasteiger partial charge in [0.25, 0.3) is 11.5 Å². The number of amides is 1. The van der Waals surface area contributed by atoms with Crippen molar-refractivity contribution in [2.45, 2.75) is 19.3 Å². The van der Waals surface area contributed by atoms with Gasteiger partial charge in [-0.05, 0) is 30.9 Å². The maximum Gasteiger partial charge on any atom is 0.297 e. The Kier molecular flexibility index (Phi) is 5.65. The highest BCUT2D eigenvalue weighted by Gasteiger charge is 2.32. The summed E-state index contributed by atoms with van der Waals surface area (Å²) in [5, 5.41) is 14.0. The number of hydrogen-bond donors (Lipinski definition) is 5. The first kappa shape index (κ1) is 21.2. The van der Waals surface area contributed by atoms with Gasteiger partial charge in [-0.2, -0.15) is 0 Å². The summed E-state index contributed by atoms with van der Waals surface area (Å²) in [7, 11) is -1.78. The van der Waals surface area contributed by atoms with Crippen molar-refractivity contribution in [1.29, 1.82) is 0 Å². The monoisotopic (exact) mass is 447 g/mol. The van der Waals surface area contributed by atoms with E-state index in [1.54, 1.807) is 0 Å². The Morgan fingerprint density at radius 1 is 1.29 bits per heavy atom. The highest BCUT2D eigenvalue weighted by atomic mass is 32.3. The lowest BCUT2D eigenvalue weighted by Gasteiger charge is -2.46. The number of hydrogen-bond acceptors (Lipinski definition) is 7. The second-order valence-corrected chi connectivity index (χ2v) is 9.60. The molecular formula is C20H25N5O5S. The second kappa shape index (κ2) is 8.25. The number of aromatic nitrogens is 3. The van der Waals surface area contributed by atoms with Crippen LogP contribution in [0.15, 0.2) is 35.3 Å². The summed E-state index contributed by atoms with van der Waals surface area (Å²) in [5.74, 6) is -1.37. The topological polar surface area (TPSA) is 144 Å². The lowest BCUT2D eigenvalue weighted by Crippen LogP contribution is -2.40. The van der Waals surface area contributed by atoms with Gasteiger partial charge in [0.15, 0.2) is 5.69 Å². The Balaban J connectivity index is 1.55. The smallest absolute Gasteiger partial charge is 0.297 e. The third kappa shape index (κ3) is 3.99. The van der Waals surface area contributed by atoms with Crippen molar-refractivity contribution in [3.8, 4) is 5.75 Å². The number of nitrogens with zero attached hydrogens (tertiary/aromatic N) is 3. The van der Waals surface area contributed by atoms with Crippen LogP contribution in [0.4, 0.5) is 5.95 Å². The molecule has 166 valence electrons. The molecule has 0 aliphatic carbocycles. The standard InChI is InChI=1S/C20H25N5O5S/c1-24-19(28)17(26)16(23-20(24)25-10-4-5-11-31(25,29)30)18(27)21-9-8-13-12-22-15-7-3-2-6-14(13)15/h2-3,6-7,12,22,26,29-30H,4-5,8-11H2,1H3,(H,21,27). The zero-order chi connectivity index (χ0) is 22.2. The van der Waals surface area contributed by atoms with Gasteiger partial charge in [-0.3, -0.25) is 23.3 Å². The van der Waals surface area contributed by atoms with Crippen molar-refractivity contribution < 1.29 is 19.0 Å². The first-order chi connectivity index (χ1) is 14.8. The average molecular weight is 448 g/mol. The van der Waals surface area contributed by atoms with Gasteiger partial charge < -0.3 is 15.4 Å². The minimum Gasteiger partial charge on any atom is -0.501 e. The maximum absolute atomic E-state index is 12.7. The molecule has 1 aliphatic heterocycles. The lowest BCUT2D eigenvalue weighted by molar-refractivity contribution is 0.0945. The lowest BCUT2D eigenvalue weighted by atomic mass is 10.1. The van der Waals surface area contributed by atoms with Crippen LogP contribution in [0.3, 0.4) is 0 Å². The zero-order valence-electron chi connectivity index (χ0n) is 17.0. The number of aromatic amines is 1. The van der Waals surface area contributed by atoms with Gasteiger partial charge in [0.2, 0.25) is 11.7 Å². The molecule has 1 amide bonds. The first-order valence-corrected chi connectivity index (χ1v) is 11.6. The number of aromatic hydroxyl groups is 1. The number of fused-ring (bicyclic) bond motifs is 1. The number of anilines is 1. The predicted octanol–water partition coefficient (Wildman–Crippen LogP) is 2.21. The van der Waals surface area contributed by atoms with Crippen molar-refractivity contribution in [3.63, 3.8) is 0 Å². The highest BCUT2D eigenvalue weighted by molar-refractivity contribution is 8.25.